The van der Waals surface area contributed by atoms with Gasteiger partial charge in [-0.25, -0.2) is 0 Å². The predicted octanol–water partition coefficient (Wildman–Crippen LogP) is 1.76. The molecule has 4 nitrogen and oxygen atoms in total. The molecule has 1 saturated carbocycles. The highest BCUT2D eigenvalue weighted by Crippen LogP contribution is 2.25. The van der Waals surface area contributed by atoms with Crippen LogP contribution in [0, 0.1) is 0 Å². The van der Waals surface area contributed by atoms with Crippen LogP contribution in [-0.2, 0) is 9.53 Å². The van der Waals surface area contributed by atoms with Crippen LogP contribution < -0.4 is 11.1 Å². The van der Waals surface area contributed by atoms with E-state index in [0.717, 1.165) is 32.1 Å². The number of ether oxygens (including phenoxy) is 1. The van der Waals surface area contributed by atoms with E-state index >= 15 is 0 Å². The molecule has 1 unspecified atom stereocenters. The lowest BCUT2D eigenvalue weighted by atomic mass is 9.82. The van der Waals surface area contributed by atoms with Gasteiger partial charge in [0.2, 0.25) is 5.91 Å². The van der Waals surface area contributed by atoms with Crippen molar-refractivity contribution in [1.29, 1.82) is 0 Å². The quantitative estimate of drug-likeness (QED) is 0.825. The molecule has 0 spiro atoms. The van der Waals surface area contributed by atoms with Crippen LogP contribution in [-0.4, -0.2) is 30.7 Å². The molecular formula is C13H25ClN2O2. The van der Waals surface area contributed by atoms with E-state index in [4.69, 9.17) is 10.5 Å². The Hall–Kier alpha value is -0.320. The van der Waals surface area contributed by atoms with Crippen molar-refractivity contribution in [3.05, 3.63) is 0 Å². The van der Waals surface area contributed by atoms with E-state index in [1.165, 1.54) is 19.3 Å². The average molecular weight is 277 g/mol. The van der Waals surface area contributed by atoms with Crippen molar-refractivity contribution in [3.63, 3.8) is 0 Å². The summed E-state index contributed by atoms with van der Waals surface area (Å²) >= 11 is 0. The first-order chi connectivity index (χ1) is 8.20. The zero-order chi connectivity index (χ0) is 12.1. The second kappa shape index (κ2) is 7.31. The smallest absolute Gasteiger partial charge is 0.249 e. The van der Waals surface area contributed by atoms with Gasteiger partial charge in [0.25, 0.3) is 0 Å². The summed E-state index contributed by atoms with van der Waals surface area (Å²) in [4.78, 5) is 11.9. The number of hydrogen-bond acceptors (Lipinski definition) is 3. The van der Waals surface area contributed by atoms with Crippen LogP contribution in [0.4, 0.5) is 0 Å². The van der Waals surface area contributed by atoms with E-state index in [2.05, 4.69) is 5.32 Å². The van der Waals surface area contributed by atoms with E-state index in [-0.39, 0.29) is 30.0 Å². The Morgan fingerprint density at radius 2 is 1.94 bits per heavy atom. The van der Waals surface area contributed by atoms with Crippen molar-refractivity contribution in [1.82, 2.24) is 5.32 Å². The lowest BCUT2D eigenvalue weighted by Gasteiger charge is -2.34. The maximum Gasteiger partial charge on any atom is 0.249 e. The van der Waals surface area contributed by atoms with Crippen molar-refractivity contribution < 1.29 is 9.53 Å². The minimum Gasteiger partial charge on any atom is -0.368 e. The predicted molar refractivity (Wildman–Crippen MR) is 73.9 cm³/mol. The van der Waals surface area contributed by atoms with Gasteiger partial charge < -0.3 is 15.8 Å². The minimum absolute atomic E-state index is 0. The summed E-state index contributed by atoms with van der Waals surface area (Å²) in [6.07, 6.45) is 8.48. The summed E-state index contributed by atoms with van der Waals surface area (Å²) in [6.45, 7) is 1.32. The number of hydrogen-bond donors (Lipinski definition) is 2. The van der Waals surface area contributed by atoms with Gasteiger partial charge in [0, 0.05) is 18.7 Å². The number of nitrogens with one attached hydrogen (secondary N) is 1. The molecule has 18 heavy (non-hydrogen) atoms. The van der Waals surface area contributed by atoms with Crippen LogP contribution in [0.15, 0.2) is 0 Å². The summed E-state index contributed by atoms with van der Waals surface area (Å²) < 4.78 is 5.46. The second-order valence-electron chi connectivity index (χ2n) is 5.50. The molecule has 1 heterocycles. The molecule has 0 aromatic rings. The fourth-order valence-electron chi connectivity index (χ4n) is 2.76. The Bertz CT molecular complexity index is 262. The van der Waals surface area contributed by atoms with Gasteiger partial charge in [-0.3, -0.25) is 4.79 Å². The van der Waals surface area contributed by atoms with Crippen LogP contribution in [0.3, 0.4) is 0 Å². The highest BCUT2D eigenvalue weighted by Gasteiger charge is 2.29. The van der Waals surface area contributed by atoms with Crippen molar-refractivity contribution in [2.75, 3.05) is 13.2 Å². The average Bonchev–Trinajstić information content (AvgIpc) is 2.38. The largest absolute Gasteiger partial charge is 0.368 e. The standard InChI is InChI=1S/C13H24N2O2.ClH/c14-13(7-3-1-4-8-13)10-15-12(16)11-6-2-5-9-17-11;/h11H,1-10,14H2,(H,15,16);1H. The van der Waals surface area contributed by atoms with E-state index in [1.807, 2.05) is 0 Å². The van der Waals surface area contributed by atoms with Gasteiger partial charge in [-0.1, -0.05) is 19.3 Å². The fourth-order valence-corrected chi connectivity index (χ4v) is 2.76. The Morgan fingerprint density at radius 3 is 2.56 bits per heavy atom. The van der Waals surface area contributed by atoms with Crippen molar-refractivity contribution in [2.45, 2.75) is 63.0 Å². The molecule has 1 saturated heterocycles. The first-order valence-electron chi connectivity index (χ1n) is 6.88. The third kappa shape index (κ3) is 4.41. The number of rotatable bonds is 3. The molecule has 106 valence electrons. The molecule has 0 radical (unpaired) electrons. The zero-order valence-corrected chi connectivity index (χ0v) is 11.8. The summed E-state index contributed by atoms with van der Waals surface area (Å²) in [6, 6.07) is 0. The van der Waals surface area contributed by atoms with E-state index in [1.54, 1.807) is 0 Å². The number of nitrogens with two attached hydrogens (primary N) is 1. The third-order valence-electron chi connectivity index (χ3n) is 3.94. The molecule has 2 aliphatic rings. The molecule has 3 N–H and O–H groups in total. The number of halogens is 1. The SMILES string of the molecule is Cl.NC1(CNC(=O)C2CCCCO2)CCCCC1. The molecule has 5 heteroatoms. The van der Waals surface area contributed by atoms with Gasteiger partial charge in [0.15, 0.2) is 0 Å². The van der Waals surface area contributed by atoms with Crippen molar-refractivity contribution in [2.24, 2.45) is 5.73 Å². The summed E-state index contributed by atoms with van der Waals surface area (Å²) in [5.74, 6) is 0.0279. The highest BCUT2D eigenvalue weighted by atomic mass is 35.5. The topological polar surface area (TPSA) is 64.3 Å². The van der Waals surface area contributed by atoms with Crippen molar-refractivity contribution in [3.8, 4) is 0 Å². The maximum atomic E-state index is 11.9. The van der Waals surface area contributed by atoms with Gasteiger partial charge in [-0.15, -0.1) is 12.4 Å². The highest BCUT2D eigenvalue weighted by molar-refractivity contribution is 5.85. The first-order valence-corrected chi connectivity index (χ1v) is 6.88. The van der Waals surface area contributed by atoms with Gasteiger partial charge in [0.05, 0.1) is 0 Å². The van der Waals surface area contributed by atoms with Gasteiger partial charge in [0.1, 0.15) is 6.10 Å². The lowest BCUT2D eigenvalue weighted by Crippen LogP contribution is -2.53. The van der Waals surface area contributed by atoms with E-state index < -0.39 is 0 Å². The zero-order valence-electron chi connectivity index (χ0n) is 11.0. The fraction of sp³-hybridized carbons (Fsp3) is 0.923. The monoisotopic (exact) mass is 276 g/mol. The third-order valence-corrected chi connectivity index (χ3v) is 3.94. The minimum atomic E-state index is -0.240. The maximum absolute atomic E-state index is 11.9. The molecule has 0 aromatic heterocycles. The Balaban J connectivity index is 0.00000162. The second-order valence-corrected chi connectivity index (χ2v) is 5.50. The van der Waals surface area contributed by atoms with E-state index in [0.29, 0.717) is 13.2 Å². The first kappa shape index (κ1) is 15.7. The molecule has 1 aliphatic heterocycles. The van der Waals surface area contributed by atoms with E-state index in [9.17, 15) is 4.79 Å². The Kier molecular flexibility index (Phi) is 6.39. The molecule has 1 aliphatic carbocycles. The molecule has 0 aromatic carbocycles. The van der Waals surface area contributed by atoms with Crippen LogP contribution in [0.5, 0.6) is 0 Å². The van der Waals surface area contributed by atoms with Gasteiger partial charge in [-0.2, -0.15) is 0 Å². The lowest BCUT2D eigenvalue weighted by molar-refractivity contribution is -0.135. The van der Waals surface area contributed by atoms with Gasteiger partial charge >= 0.3 is 0 Å². The van der Waals surface area contributed by atoms with Crippen LogP contribution in [0.25, 0.3) is 0 Å². The molecule has 0 bridgehead atoms. The molecule has 2 fully saturated rings. The van der Waals surface area contributed by atoms with Crippen LogP contribution in [0.2, 0.25) is 0 Å². The van der Waals surface area contributed by atoms with Crippen molar-refractivity contribution >= 4 is 18.3 Å². The molecule has 2 rings (SSSR count). The number of carbonyl (C=O) groups is 1. The summed E-state index contributed by atoms with van der Waals surface area (Å²) in [7, 11) is 0. The number of carbonyl (C=O) groups excluding carboxylic acids is 1. The number of amides is 1. The molecule has 1 atom stereocenters. The Labute approximate surface area is 115 Å². The normalized spacial score (nSPS) is 27.1. The molecular weight excluding hydrogens is 252 g/mol. The Morgan fingerprint density at radius 1 is 1.22 bits per heavy atom. The molecule has 1 amide bonds. The van der Waals surface area contributed by atoms with Gasteiger partial charge in [-0.05, 0) is 32.1 Å². The summed E-state index contributed by atoms with van der Waals surface area (Å²) in [5, 5.41) is 2.97. The van der Waals surface area contributed by atoms with Crippen LogP contribution in [0.1, 0.15) is 51.4 Å². The van der Waals surface area contributed by atoms with Crippen LogP contribution >= 0.6 is 12.4 Å². The summed E-state index contributed by atoms with van der Waals surface area (Å²) in [5.41, 5.74) is 6.10.